The number of halogens is 3. The molecule has 0 aliphatic rings. The summed E-state index contributed by atoms with van der Waals surface area (Å²) in [6.45, 7) is 4.37. The lowest BCUT2D eigenvalue weighted by Gasteiger charge is -2.09. The van der Waals surface area contributed by atoms with E-state index in [9.17, 15) is 13.2 Å². The lowest BCUT2D eigenvalue weighted by Crippen LogP contribution is -2.14. The average Bonchev–Trinajstić information content (AvgIpc) is 2.68. The molecule has 0 unspecified atom stereocenters. The van der Waals surface area contributed by atoms with Crippen molar-refractivity contribution in [1.29, 1.82) is 0 Å². The Morgan fingerprint density at radius 3 is 2.68 bits per heavy atom. The van der Waals surface area contributed by atoms with E-state index in [1.165, 1.54) is 0 Å². The molecular formula is C12H15F3N4. The lowest BCUT2D eigenvalue weighted by molar-refractivity contribution is -0.144. The fraction of sp³-hybridized carbons (Fsp3) is 0.500. The molecule has 0 saturated heterocycles. The first-order chi connectivity index (χ1) is 8.91. The normalized spacial score (nSPS) is 12.1. The van der Waals surface area contributed by atoms with Crippen molar-refractivity contribution in [3.05, 3.63) is 17.6 Å². The maximum absolute atomic E-state index is 12.7. The summed E-state index contributed by atoms with van der Waals surface area (Å²) in [7, 11) is 0. The molecule has 104 valence electrons. The Bertz CT molecular complexity index is 574. The minimum Gasteiger partial charge on any atom is -0.369 e. The molecule has 0 aliphatic heterocycles. The molecule has 4 nitrogen and oxygen atoms in total. The number of hydrogen-bond acceptors (Lipinski definition) is 3. The van der Waals surface area contributed by atoms with Gasteiger partial charge in [-0.25, -0.2) is 9.97 Å². The first-order valence-electron chi connectivity index (χ1n) is 6.10. The van der Waals surface area contributed by atoms with Gasteiger partial charge in [0.25, 0.3) is 0 Å². The Morgan fingerprint density at radius 2 is 2.05 bits per heavy atom. The second-order valence-electron chi connectivity index (χ2n) is 4.39. The highest BCUT2D eigenvalue weighted by molar-refractivity contribution is 5.87. The highest BCUT2D eigenvalue weighted by atomic mass is 19.4. The third-order valence-corrected chi connectivity index (χ3v) is 2.70. The van der Waals surface area contributed by atoms with Crippen molar-refractivity contribution >= 4 is 16.9 Å². The van der Waals surface area contributed by atoms with E-state index < -0.39 is 12.0 Å². The fourth-order valence-electron chi connectivity index (χ4n) is 1.79. The average molecular weight is 272 g/mol. The number of H-pyrrole nitrogens is 1. The molecule has 2 heterocycles. The van der Waals surface area contributed by atoms with Crippen LogP contribution in [0.3, 0.4) is 0 Å². The van der Waals surface area contributed by atoms with Crippen LogP contribution in [0.2, 0.25) is 0 Å². The van der Waals surface area contributed by atoms with Crippen molar-refractivity contribution < 1.29 is 13.2 Å². The summed E-state index contributed by atoms with van der Waals surface area (Å²) in [6.07, 6.45) is -2.72. The van der Waals surface area contributed by atoms with Gasteiger partial charge in [-0.3, -0.25) is 0 Å². The number of aromatic amines is 1. The van der Waals surface area contributed by atoms with Gasteiger partial charge in [0.2, 0.25) is 5.82 Å². The topological polar surface area (TPSA) is 53.6 Å². The van der Waals surface area contributed by atoms with E-state index in [2.05, 4.69) is 20.3 Å². The molecule has 0 fully saturated rings. The van der Waals surface area contributed by atoms with Gasteiger partial charge in [-0.05, 0) is 19.4 Å². The van der Waals surface area contributed by atoms with Crippen molar-refractivity contribution in [2.24, 2.45) is 0 Å². The summed E-state index contributed by atoms with van der Waals surface area (Å²) in [5.41, 5.74) is 0.959. The van der Waals surface area contributed by atoms with Crippen LogP contribution in [0.25, 0.3) is 11.0 Å². The van der Waals surface area contributed by atoms with Crippen LogP contribution in [0.4, 0.5) is 19.0 Å². The van der Waals surface area contributed by atoms with Crippen LogP contribution >= 0.6 is 0 Å². The van der Waals surface area contributed by atoms with E-state index in [0.717, 1.165) is 18.5 Å². The van der Waals surface area contributed by atoms with Crippen LogP contribution in [0.5, 0.6) is 0 Å². The van der Waals surface area contributed by atoms with Gasteiger partial charge in [0.1, 0.15) is 11.5 Å². The highest BCUT2D eigenvalue weighted by Gasteiger charge is 2.35. The molecule has 2 aromatic rings. The molecule has 2 N–H and O–H groups in total. The number of anilines is 1. The summed E-state index contributed by atoms with van der Waals surface area (Å²) in [6, 6.07) is 1.74. The van der Waals surface area contributed by atoms with Gasteiger partial charge < -0.3 is 10.3 Å². The third kappa shape index (κ3) is 2.97. The standard InChI is InChI=1S/C12H15F3N4/c1-3-4-5-16-9-8-6-7(2)17-10(8)19-11(18-9)12(13,14)15/h6H,3-5H2,1-2H3,(H2,16,17,18,19). The smallest absolute Gasteiger partial charge is 0.369 e. The maximum atomic E-state index is 12.7. The summed E-state index contributed by atoms with van der Waals surface area (Å²) >= 11 is 0. The van der Waals surface area contributed by atoms with E-state index in [1.54, 1.807) is 13.0 Å². The van der Waals surface area contributed by atoms with Crippen LogP contribution in [0.1, 0.15) is 31.3 Å². The number of hydrogen-bond donors (Lipinski definition) is 2. The molecule has 0 radical (unpaired) electrons. The Kier molecular flexibility index (Phi) is 3.64. The molecule has 0 bridgehead atoms. The molecule has 0 aromatic carbocycles. The minimum atomic E-state index is -4.55. The van der Waals surface area contributed by atoms with Crippen LogP contribution in [0.15, 0.2) is 6.07 Å². The van der Waals surface area contributed by atoms with Gasteiger partial charge in [-0.15, -0.1) is 0 Å². The van der Waals surface area contributed by atoms with E-state index in [0.29, 0.717) is 11.9 Å². The van der Waals surface area contributed by atoms with E-state index in [-0.39, 0.29) is 11.5 Å². The number of nitrogens with one attached hydrogen (secondary N) is 2. The first-order valence-corrected chi connectivity index (χ1v) is 6.10. The Balaban J connectivity index is 2.45. The second-order valence-corrected chi connectivity index (χ2v) is 4.39. The van der Waals surface area contributed by atoms with Crippen molar-refractivity contribution in [2.75, 3.05) is 11.9 Å². The van der Waals surface area contributed by atoms with Gasteiger partial charge in [0.15, 0.2) is 0 Å². The Labute approximate surface area is 108 Å². The second kappa shape index (κ2) is 5.07. The Hall–Kier alpha value is -1.79. The van der Waals surface area contributed by atoms with Gasteiger partial charge in [0, 0.05) is 12.2 Å². The number of nitrogens with zero attached hydrogens (tertiary/aromatic N) is 2. The first kappa shape index (κ1) is 13.6. The summed E-state index contributed by atoms with van der Waals surface area (Å²) in [5, 5.41) is 3.53. The number of fused-ring (bicyclic) bond motifs is 1. The SMILES string of the molecule is CCCCNc1nc(C(F)(F)F)nc2[nH]c(C)cc12. The quantitative estimate of drug-likeness (QED) is 0.837. The molecular weight excluding hydrogens is 257 g/mol. The van der Waals surface area contributed by atoms with Crippen LogP contribution < -0.4 is 5.32 Å². The summed E-state index contributed by atoms with van der Waals surface area (Å²) in [4.78, 5) is 9.93. The molecule has 0 amide bonds. The van der Waals surface area contributed by atoms with E-state index >= 15 is 0 Å². The molecule has 7 heteroatoms. The maximum Gasteiger partial charge on any atom is 0.451 e. The molecule has 0 saturated carbocycles. The zero-order valence-electron chi connectivity index (χ0n) is 10.7. The predicted molar refractivity (Wildman–Crippen MR) is 67.0 cm³/mol. The predicted octanol–water partition coefficient (Wildman–Crippen LogP) is 3.50. The van der Waals surface area contributed by atoms with Crippen molar-refractivity contribution in [2.45, 2.75) is 32.9 Å². The largest absolute Gasteiger partial charge is 0.451 e. The molecule has 0 spiro atoms. The van der Waals surface area contributed by atoms with Crippen LogP contribution in [-0.2, 0) is 6.18 Å². The van der Waals surface area contributed by atoms with Crippen molar-refractivity contribution in [3.63, 3.8) is 0 Å². The van der Waals surface area contributed by atoms with Crippen molar-refractivity contribution in [1.82, 2.24) is 15.0 Å². The number of aryl methyl sites for hydroxylation is 1. The van der Waals surface area contributed by atoms with Gasteiger partial charge in [-0.1, -0.05) is 13.3 Å². The highest BCUT2D eigenvalue weighted by Crippen LogP contribution is 2.30. The Morgan fingerprint density at radius 1 is 1.32 bits per heavy atom. The van der Waals surface area contributed by atoms with Gasteiger partial charge >= 0.3 is 6.18 Å². The number of unbranched alkanes of at least 4 members (excludes halogenated alkanes) is 1. The molecule has 2 aromatic heterocycles. The molecule has 0 atom stereocenters. The number of rotatable bonds is 4. The number of alkyl halides is 3. The van der Waals surface area contributed by atoms with Gasteiger partial charge in [0.05, 0.1) is 5.39 Å². The van der Waals surface area contributed by atoms with E-state index in [4.69, 9.17) is 0 Å². The monoisotopic (exact) mass is 272 g/mol. The van der Waals surface area contributed by atoms with E-state index in [1.807, 2.05) is 6.92 Å². The summed E-state index contributed by atoms with van der Waals surface area (Å²) in [5.74, 6) is -0.893. The summed E-state index contributed by atoms with van der Waals surface area (Å²) < 4.78 is 38.2. The van der Waals surface area contributed by atoms with Crippen LogP contribution in [0, 0.1) is 6.92 Å². The zero-order valence-corrected chi connectivity index (χ0v) is 10.7. The van der Waals surface area contributed by atoms with Gasteiger partial charge in [-0.2, -0.15) is 13.2 Å². The van der Waals surface area contributed by atoms with Crippen molar-refractivity contribution in [3.8, 4) is 0 Å². The van der Waals surface area contributed by atoms with Crippen LogP contribution in [-0.4, -0.2) is 21.5 Å². The third-order valence-electron chi connectivity index (χ3n) is 2.70. The lowest BCUT2D eigenvalue weighted by atomic mass is 10.3. The molecule has 19 heavy (non-hydrogen) atoms. The fourth-order valence-corrected chi connectivity index (χ4v) is 1.79. The molecule has 2 rings (SSSR count). The number of aromatic nitrogens is 3. The minimum absolute atomic E-state index is 0.207. The zero-order chi connectivity index (χ0) is 14.0. The molecule has 0 aliphatic carbocycles.